The lowest BCUT2D eigenvalue weighted by atomic mass is 10.0. The number of alkyl halides is 2. The van der Waals surface area contributed by atoms with E-state index in [1.165, 1.54) is 42.5 Å². The predicted molar refractivity (Wildman–Crippen MR) is 73.4 cm³/mol. The first-order valence-electron chi connectivity index (χ1n) is 6.17. The van der Waals surface area contributed by atoms with E-state index in [0.29, 0.717) is 5.56 Å². The molecule has 2 rings (SSSR count). The van der Waals surface area contributed by atoms with Gasteiger partial charge in [-0.15, -0.1) is 0 Å². The number of nitrogens with two attached hydrogens (primary N) is 1. The SMILES string of the molecule is NC(=O)C(Nc1ccccc1F)c1ccc(C(F)F)cc1. The number of hydrogen-bond acceptors (Lipinski definition) is 2. The fourth-order valence-corrected chi connectivity index (χ4v) is 1.89. The summed E-state index contributed by atoms with van der Waals surface area (Å²) in [6, 6.07) is 9.95. The fourth-order valence-electron chi connectivity index (χ4n) is 1.89. The quantitative estimate of drug-likeness (QED) is 0.888. The summed E-state index contributed by atoms with van der Waals surface area (Å²) in [7, 11) is 0. The summed E-state index contributed by atoms with van der Waals surface area (Å²) < 4.78 is 38.6. The summed E-state index contributed by atoms with van der Waals surface area (Å²) >= 11 is 0. The molecule has 1 atom stereocenters. The molecule has 0 saturated carbocycles. The van der Waals surface area contributed by atoms with Gasteiger partial charge in [-0.25, -0.2) is 13.2 Å². The average Bonchev–Trinajstić information content (AvgIpc) is 2.46. The number of benzene rings is 2. The van der Waals surface area contributed by atoms with Gasteiger partial charge in [-0.3, -0.25) is 4.79 Å². The van der Waals surface area contributed by atoms with Crippen LogP contribution in [0.3, 0.4) is 0 Å². The van der Waals surface area contributed by atoms with Crippen LogP contribution in [0.5, 0.6) is 0 Å². The molecule has 0 heterocycles. The molecule has 1 amide bonds. The minimum Gasteiger partial charge on any atom is -0.368 e. The molecule has 3 N–H and O–H groups in total. The van der Waals surface area contributed by atoms with E-state index in [1.807, 2.05) is 0 Å². The largest absolute Gasteiger partial charge is 0.368 e. The van der Waals surface area contributed by atoms with Crippen LogP contribution >= 0.6 is 0 Å². The van der Waals surface area contributed by atoms with Crippen LogP contribution in [0.1, 0.15) is 23.6 Å². The smallest absolute Gasteiger partial charge is 0.263 e. The maximum atomic E-state index is 13.6. The molecule has 0 aliphatic carbocycles. The van der Waals surface area contributed by atoms with E-state index in [9.17, 15) is 18.0 Å². The Morgan fingerprint density at radius 2 is 1.57 bits per heavy atom. The van der Waals surface area contributed by atoms with Crippen LogP contribution in [-0.2, 0) is 4.79 Å². The van der Waals surface area contributed by atoms with Gasteiger partial charge < -0.3 is 11.1 Å². The second kappa shape index (κ2) is 6.30. The standard InChI is InChI=1S/C15H13F3N2O/c16-11-3-1-2-4-12(11)20-13(15(19)21)9-5-7-10(8-6-9)14(17)18/h1-8,13-14,20H,(H2,19,21). The van der Waals surface area contributed by atoms with Gasteiger partial charge in [0.25, 0.3) is 6.43 Å². The van der Waals surface area contributed by atoms with Crippen molar-refractivity contribution < 1.29 is 18.0 Å². The fraction of sp³-hybridized carbons (Fsp3) is 0.133. The average molecular weight is 294 g/mol. The Balaban J connectivity index is 2.27. The third-order valence-corrected chi connectivity index (χ3v) is 2.98. The van der Waals surface area contributed by atoms with E-state index in [4.69, 9.17) is 5.73 Å². The lowest BCUT2D eigenvalue weighted by molar-refractivity contribution is -0.118. The number of hydrogen-bond donors (Lipinski definition) is 2. The third-order valence-electron chi connectivity index (χ3n) is 2.98. The van der Waals surface area contributed by atoms with Gasteiger partial charge >= 0.3 is 0 Å². The molecule has 2 aromatic carbocycles. The van der Waals surface area contributed by atoms with Crippen molar-refractivity contribution in [3.05, 3.63) is 65.5 Å². The molecule has 3 nitrogen and oxygen atoms in total. The molecule has 0 aliphatic heterocycles. The highest BCUT2D eigenvalue weighted by atomic mass is 19.3. The molecule has 0 aromatic heterocycles. The molecule has 6 heteroatoms. The summed E-state index contributed by atoms with van der Waals surface area (Å²) in [4.78, 5) is 11.5. The van der Waals surface area contributed by atoms with Crippen LogP contribution in [0.25, 0.3) is 0 Å². The molecule has 1 unspecified atom stereocenters. The first kappa shape index (κ1) is 14.9. The number of anilines is 1. The lowest BCUT2D eigenvalue weighted by Gasteiger charge is -2.18. The Bertz CT molecular complexity index is 629. The van der Waals surface area contributed by atoms with E-state index in [0.717, 1.165) is 0 Å². The zero-order chi connectivity index (χ0) is 15.4. The van der Waals surface area contributed by atoms with Gasteiger partial charge in [-0.2, -0.15) is 0 Å². The van der Waals surface area contributed by atoms with Crippen LogP contribution in [0, 0.1) is 5.82 Å². The molecule has 0 aliphatic rings. The van der Waals surface area contributed by atoms with Crippen LogP contribution < -0.4 is 11.1 Å². The van der Waals surface area contributed by atoms with Gasteiger partial charge in [-0.1, -0.05) is 36.4 Å². The summed E-state index contributed by atoms with van der Waals surface area (Å²) in [5, 5.41) is 2.67. The van der Waals surface area contributed by atoms with Gasteiger partial charge in [0.05, 0.1) is 5.69 Å². The van der Waals surface area contributed by atoms with Gasteiger partial charge in [0.2, 0.25) is 5.91 Å². The molecule has 0 fully saturated rings. The molecular formula is C15H13F3N2O. The number of carbonyl (C=O) groups excluding carboxylic acids is 1. The van der Waals surface area contributed by atoms with Crippen LogP contribution in [0.15, 0.2) is 48.5 Å². The van der Waals surface area contributed by atoms with Gasteiger partial charge in [0.1, 0.15) is 11.9 Å². The monoisotopic (exact) mass is 294 g/mol. The maximum Gasteiger partial charge on any atom is 0.263 e. The Labute approximate surface area is 119 Å². The number of nitrogens with one attached hydrogen (secondary N) is 1. The highest BCUT2D eigenvalue weighted by Gasteiger charge is 2.19. The molecule has 2 aromatic rings. The van der Waals surface area contributed by atoms with Crippen LogP contribution in [0.2, 0.25) is 0 Å². The van der Waals surface area contributed by atoms with Crippen molar-refractivity contribution in [1.82, 2.24) is 0 Å². The van der Waals surface area contributed by atoms with Crippen LogP contribution in [-0.4, -0.2) is 5.91 Å². The topological polar surface area (TPSA) is 55.1 Å². The van der Waals surface area contributed by atoms with Crippen molar-refractivity contribution in [2.75, 3.05) is 5.32 Å². The summed E-state index contributed by atoms with van der Waals surface area (Å²) in [5.74, 6) is -1.27. The van der Waals surface area contributed by atoms with Crippen molar-refractivity contribution >= 4 is 11.6 Å². The molecule has 0 spiro atoms. The van der Waals surface area contributed by atoms with Gasteiger partial charge in [0, 0.05) is 5.56 Å². The number of halogens is 3. The Kier molecular flexibility index (Phi) is 4.47. The van der Waals surface area contributed by atoms with E-state index >= 15 is 0 Å². The molecular weight excluding hydrogens is 281 g/mol. The van der Waals surface area contributed by atoms with Crippen molar-refractivity contribution in [2.24, 2.45) is 5.73 Å². The number of carbonyl (C=O) groups is 1. The first-order chi connectivity index (χ1) is 9.99. The summed E-state index contributed by atoms with van der Waals surface area (Å²) in [6.45, 7) is 0. The maximum absolute atomic E-state index is 13.6. The van der Waals surface area contributed by atoms with Crippen molar-refractivity contribution in [3.63, 3.8) is 0 Å². The number of para-hydroxylation sites is 1. The number of rotatable bonds is 5. The lowest BCUT2D eigenvalue weighted by Crippen LogP contribution is -2.28. The molecule has 0 saturated heterocycles. The van der Waals surface area contributed by atoms with Gasteiger partial charge in [-0.05, 0) is 17.7 Å². The van der Waals surface area contributed by atoms with Gasteiger partial charge in [0.15, 0.2) is 0 Å². The van der Waals surface area contributed by atoms with E-state index < -0.39 is 24.2 Å². The molecule has 110 valence electrons. The molecule has 0 bridgehead atoms. The van der Waals surface area contributed by atoms with E-state index in [-0.39, 0.29) is 11.3 Å². The highest BCUT2D eigenvalue weighted by molar-refractivity contribution is 5.84. The predicted octanol–water partition coefficient (Wildman–Crippen LogP) is 3.40. The second-order valence-corrected chi connectivity index (χ2v) is 4.43. The molecule has 21 heavy (non-hydrogen) atoms. The van der Waals surface area contributed by atoms with E-state index in [1.54, 1.807) is 6.07 Å². The number of amides is 1. The molecule has 0 radical (unpaired) electrons. The minimum atomic E-state index is -2.59. The zero-order valence-electron chi connectivity index (χ0n) is 10.9. The van der Waals surface area contributed by atoms with Crippen molar-refractivity contribution in [1.29, 1.82) is 0 Å². The Morgan fingerprint density at radius 3 is 2.10 bits per heavy atom. The zero-order valence-corrected chi connectivity index (χ0v) is 10.9. The second-order valence-electron chi connectivity index (χ2n) is 4.43. The Hall–Kier alpha value is -2.50. The third kappa shape index (κ3) is 3.53. The first-order valence-corrected chi connectivity index (χ1v) is 6.17. The van der Waals surface area contributed by atoms with Crippen molar-refractivity contribution in [2.45, 2.75) is 12.5 Å². The number of primary amides is 1. The highest BCUT2D eigenvalue weighted by Crippen LogP contribution is 2.24. The summed E-state index contributed by atoms with van der Waals surface area (Å²) in [5.41, 5.74) is 5.63. The van der Waals surface area contributed by atoms with Crippen LogP contribution in [0.4, 0.5) is 18.9 Å². The normalized spacial score (nSPS) is 12.2. The van der Waals surface area contributed by atoms with Crippen molar-refractivity contribution in [3.8, 4) is 0 Å². The van der Waals surface area contributed by atoms with E-state index in [2.05, 4.69) is 5.32 Å². The summed E-state index contributed by atoms with van der Waals surface area (Å²) in [6.07, 6.45) is -2.59. The Morgan fingerprint density at radius 1 is 1.00 bits per heavy atom. The minimum absolute atomic E-state index is 0.110.